The van der Waals surface area contributed by atoms with Crippen LogP contribution in [0.4, 0.5) is 11.6 Å². The van der Waals surface area contributed by atoms with Crippen molar-refractivity contribution in [3.8, 4) is 5.75 Å². The molecule has 2 N–H and O–H groups in total. The number of likely N-dealkylation sites (tertiary alicyclic amines) is 1. The SMILES string of the molecule is C=C(CCC(C=O)N1C(=C)c2cc(NC3CN(C(C)c4ccc(C(C)(C)c5ccc(OCc6ccnc(N7CC8(COC8)C7)n6)cc5)cc4)C3)ccc2C1=O)NC. The number of amides is 1. The van der Waals surface area contributed by atoms with Crippen molar-refractivity contribution < 1.29 is 19.1 Å². The number of nitrogens with one attached hydrogen (secondary N) is 2. The number of hydrogen-bond acceptors (Lipinski definition) is 10. The van der Waals surface area contributed by atoms with E-state index in [1.165, 1.54) is 21.6 Å². The van der Waals surface area contributed by atoms with E-state index in [4.69, 9.17) is 14.5 Å². The number of carbonyl (C=O) groups excluding carboxylic acids is 2. The molecule has 296 valence electrons. The second kappa shape index (κ2) is 15.4. The average Bonchev–Trinajstić information content (AvgIpc) is 3.42. The highest BCUT2D eigenvalue weighted by Gasteiger charge is 2.50. The maximum Gasteiger partial charge on any atom is 0.259 e. The largest absolute Gasteiger partial charge is 0.487 e. The predicted molar refractivity (Wildman–Crippen MR) is 223 cm³/mol. The molecular weight excluding hydrogens is 715 g/mol. The Bertz CT molecular complexity index is 2150. The van der Waals surface area contributed by atoms with Crippen LogP contribution in [-0.4, -0.2) is 90.5 Å². The van der Waals surface area contributed by atoms with Crippen LogP contribution < -0.4 is 20.3 Å². The lowest BCUT2D eigenvalue weighted by molar-refractivity contribution is -0.127. The number of rotatable bonds is 16. The molecule has 0 aliphatic carbocycles. The standard InChI is InChI=1S/C46H53N7O4/c1-30(47-6)7-15-39(24-54)53-32(3)42-21-36(14-18-41(42)43(53)55)49-38-22-51(23-38)31(2)33-8-10-34(11-9-33)45(4,5)35-12-16-40(17-13-35)57-25-37-19-20-48-44(50-37)52-26-46(27-52)28-56-29-46/h8-14,16-21,24,31,38-39,47,49H,1,3,7,15,22-23,25-29H2,2,4-6H3. The topological polar surface area (TPSA) is 112 Å². The zero-order chi connectivity index (χ0) is 39.9. The number of hydrogen-bond donors (Lipinski definition) is 2. The highest BCUT2D eigenvalue weighted by molar-refractivity contribution is 6.10. The summed E-state index contributed by atoms with van der Waals surface area (Å²) in [5, 5.41) is 6.65. The van der Waals surface area contributed by atoms with E-state index in [9.17, 15) is 9.59 Å². The van der Waals surface area contributed by atoms with Crippen LogP contribution in [0.25, 0.3) is 5.70 Å². The molecule has 3 saturated heterocycles. The molecule has 1 aromatic heterocycles. The monoisotopic (exact) mass is 767 g/mol. The van der Waals surface area contributed by atoms with Gasteiger partial charge in [0.15, 0.2) is 0 Å². The van der Waals surface area contributed by atoms with Crippen LogP contribution in [0.1, 0.15) is 78.0 Å². The van der Waals surface area contributed by atoms with Crippen LogP contribution >= 0.6 is 0 Å². The Balaban J connectivity index is 0.819. The Morgan fingerprint density at radius 3 is 2.39 bits per heavy atom. The van der Waals surface area contributed by atoms with E-state index < -0.39 is 6.04 Å². The van der Waals surface area contributed by atoms with Gasteiger partial charge < -0.3 is 29.8 Å². The Morgan fingerprint density at radius 1 is 1.04 bits per heavy atom. The van der Waals surface area contributed by atoms with E-state index in [0.29, 0.717) is 36.1 Å². The number of fused-ring (bicyclic) bond motifs is 1. The molecule has 1 amide bonds. The first-order chi connectivity index (χ1) is 27.5. The number of allylic oxidation sites excluding steroid dienone is 1. The smallest absolute Gasteiger partial charge is 0.259 e. The van der Waals surface area contributed by atoms with E-state index in [0.717, 1.165) is 80.0 Å². The number of aromatic nitrogens is 2. The zero-order valence-electron chi connectivity index (χ0n) is 33.5. The molecule has 1 spiro atoms. The molecular formula is C46H53N7O4. The van der Waals surface area contributed by atoms with Crippen molar-refractivity contribution in [2.75, 3.05) is 56.7 Å². The first-order valence-electron chi connectivity index (χ1n) is 19.9. The van der Waals surface area contributed by atoms with Crippen LogP contribution in [0.15, 0.2) is 97.8 Å². The molecule has 4 aliphatic rings. The highest BCUT2D eigenvalue weighted by atomic mass is 16.5. The van der Waals surface area contributed by atoms with Crippen molar-refractivity contribution in [3.63, 3.8) is 0 Å². The van der Waals surface area contributed by atoms with Crippen LogP contribution in [0, 0.1) is 5.41 Å². The lowest BCUT2D eigenvalue weighted by Gasteiger charge is -2.54. The Labute approximate surface area is 335 Å². The maximum absolute atomic E-state index is 13.3. The van der Waals surface area contributed by atoms with Crippen molar-refractivity contribution in [1.82, 2.24) is 25.1 Å². The minimum absolute atomic E-state index is 0.181. The minimum Gasteiger partial charge on any atom is -0.487 e. The molecule has 4 aromatic rings. The number of ether oxygens (including phenoxy) is 2. The Hall–Kier alpha value is -5.52. The van der Waals surface area contributed by atoms with Crippen molar-refractivity contribution in [2.45, 2.75) is 63.8 Å². The molecule has 3 aromatic carbocycles. The molecule has 5 heterocycles. The Kier molecular flexibility index (Phi) is 10.4. The number of nitrogens with zero attached hydrogens (tertiary/aromatic N) is 5. The number of aldehydes is 1. The quantitative estimate of drug-likeness (QED) is 0.121. The second-order valence-electron chi connectivity index (χ2n) is 16.7. The van der Waals surface area contributed by atoms with Crippen LogP contribution in [0.2, 0.25) is 0 Å². The van der Waals surface area contributed by atoms with Gasteiger partial charge in [0.2, 0.25) is 5.95 Å². The molecule has 57 heavy (non-hydrogen) atoms. The van der Waals surface area contributed by atoms with E-state index in [1.54, 1.807) is 7.05 Å². The first kappa shape index (κ1) is 38.4. The third-order valence-corrected chi connectivity index (χ3v) is 12.4. The maximum atomic E-state index is 13.3. The summed E-state index contributed by atoms with van der Waals surface area (Å²) < 4.78 is 11.5. The summed E-state index contributed by atoms with van der Waals surface area (Å²) in [4.78, 5) is 40.7. The van der Waals surface area contributed by atoms with Crippen molar-refractivity contribution in [1.29, 1.82) is 0 Å². The average molecular weight is 768 g/mol. The van der Waals surface area contributed by atoms with E-state index in [2.05, 4.69) is 95.7 Å². The van der Waals surface area contributed by atoms with Gasteiger partial charge in [-0.2, -0.15) is 0 Å². The van der Waals surface area contributed by atoms with Gasteiger partial charge >= 0.3 is 0 Å². The first-order valence-corrected chi connectivity index (χ1v) is 19.9. The highest BCUT2D eigenvalue weighted by Crippen LogP contribution is 2.40. The van der Waals surface area contributed by atoms with Gasteiger partial charge in [-0.15, -0.1) is 0 Å². The summed E-state index contributed by atoms with van der Waals surface area (Å²) in [5.74, 6) is 1.39. The summed E-state index contributed by atoms with van der Waals surface area (Å²) in [6, 6.07) is 25.1. The van der Waals surface area contributed by atoms with Crippen LogP contribution in [0.3, 0.4) is 0 Å². The van der Waals surface area contributed by atoms with Crippen molar-refractivity contribution in [3.05, 3.63) is 131 Å². The fourth-order valence-electron chi connectivity index (χ4n) is 8.43. The van der Waals surface area contributed by atoms with Gasteiger partial charge in [0.25, 0.3) is 5.91 Å². The van der Waals surface area contributed by atoms with Crippen LogP contribution in [-0.2, 0) is 21.6 Å². The van der Waals surface area contributed by atoms with Gasteiger partial charge in [-0.3, -0.25) is 14.6 Å². The van der Waals surface area contributed by atoms with Crippen molar-refractivity contribution in [2.24, 2.45) is 5.41 Å². The molecule has 3 fully saturated rings. The number of anilines is 2. The summed E-state index contributed by atoms with van der Waals surface area (Å²) in [7, 11) is 1.80. The lowest BCUT2D eigenvalue weighted by atomic mass is 9.78. The van der Waals surface area contributed by atoms with E-state index in [1.807, 2.05) is 42.6 Å². The Morgan fingerprint density at radius 2 is 1.74 bits per heavy atom. The number of benzene rings is 3. The third kappa shape index (κ3) is 7.54. The second-order valence-corrected chi connectivity index (χ2v) is 16.7. The summed E-state index contributed by atoms with van der Waals surface area (Å²) in [5.41, 5.74) is 8.43. The fourth-order valence-corrected chi connectivity index (χ4v) is 8.43. The number of carbonyl (C=O) groups is 2. The fraction of sp³-hybridized carbons (Fsp3) is 0.391. The molecule has 0 saturated carbocycles. The lowest BCUT2D eigenvalue weighted by Crippen LogP contribution is -2.66. The van der Waals surface area contributed by atoms with Gasteiger partial charge in [0.1, 0.15) is 18.6 Å². The van der Waals surface area contributed by atoms with Gasteiger partial charge in [0, 0.05) is 79.1 Å². The third-order valence-electron chi connectivity index (χ3n) is 12.4. The summed E-state index contributed by atoms with van der Waals surface area (Å²) in [6.45, 7) is 20.7. The van der Waals surface area contributed by atoms with Gasteiger partial charge in [0.05, 0.1) is 36.4 Å². The molecule has 8 rings (SSSR count). The van der Waals surface area contributed by atoms with Gasteiger partial charge in [-0.25, -0.2) is 9.97 Å². The molecule has 4 aliphatic heterocycles. The summed E-state index contributed by atoms with van der Waals surface area (Å²) >= 11 is 0. The van der Waals surface area contributed by atoms with Gasteiger partial charge in [-0.05, 0) is 72.9 Å². The van der Waals surface area contributed by atoms with Gasteiger partial charge in [-0.1, -0.05) is 63.4 Å². The molecule has 0 radical (unpaired) electrons. The molecule has 11 nitrogen and oxygen atoms in total. The van der Waals surface area contributed by atoms with E-state index in [-0.39, 0.29) is 23.4 Å². The van der Waals surface area contributed by atoms with Crippen LogP contribution in [0.5, 0.6) is 5.75 Å². The molecule has 2 atom stereocenters. The van der Waals surface area contributed by atoms with E-state index >= 15 is 0 Å². The normalized spacial score (nSPS) is 18.6. The summed E-state index contributed by atoms with van der Waals surface area (Å²) in [6.07, 6.45) is 3.72. The molecule has 0 bridgehead atoms. The minimum atomic E-state index is -0.588. The molecule has 11 heteroatoms. The van der Waals surface area contributed by atoms with Crippen molar-refractivity contribution >= 4 is 29.5 Å². The zero-order valence-corrected chi connectivity index (χ0v) is 33.5. The molecule has 2 unspecified atom stereocenters. The predicted octanol–water partition coefficient (Wildman–Crippen LogP) is 6.58.